The molecule has 1 aliphatic carbocycles. The van der Waals surface area contributed by atoms with Crippen molar-refractivity contribution in [2.75, 3.05) is 0 Å². The Morgan fingerprint density at radius 3 is 2.65 bits per heavy atom. The Morgan fingerprint density at radius 2 is 2.12 bits per heavy atom. The Hall–Kier alpha value is -0.570. The van der Waals surface area contributed by atoms with E-state index in [0.29, 0.717) is 17.4 Å². The largest absolute Gasteiger partial charge is 0.352 e. The molecule has 1 saturated carbocycles. The van der Waals surface area contributed by atoms with E-state index in [4.69, 9.17) is 5.73 Å². The molecule has 1 fully saturated rings. The third-order valence-electron chi connectivity index (χ3n) is 3.61. The lowest BCUT2D eigenvalue weighted by atomic mass is 9.75. The molecule has 0 aromatic rings. The molecule has 0 aromatic carbocycles. The molecule has 1 aliphatic rings. The van der Waals surface area contributed by atoms with Crippen LogP contribution in [0, 0.1) is 11.3 Å². The summed E-state index contributed by atoms with van der Waals surface area (Å²) in [5.41, 5.74) is 6.25. The molecule has 3 nitrogen and oxygen atoms in total. The van der Waals surface area contributed by atoms with Crippen molar-refractivity contribution < 1.29 is 4.79 Å². The molecule has 1 unspecified atom stereocenters. The Bertz CT molecular complexity index is 261. The molecule has 100 valence electrons. The van der Waals surface area contributed by atoms with Crippen molar-refractivity contribution in [1.29, 1.82) is 0 Å². The summed E-state index contributed by atoms with van der Waals surface area (Å²) in [5.74, 6) is 0.500. The van der Waals surface area contributed by atoms with Crippen LogP contribution in [0.3, 0.4) is 0 Å². The zero-order valence-electron chi connectivity index (χ0n) is 11.8. The average molecular weight is 240 g/mol. The summed E-state index contributed by atoms with van der Waals surface area (Å²) in [6.45, 7) is 8.74. The number of nitrogens with one attached hydrogen (secondary N) is 1. The summed E-state index contributed by atoms with van der Waals surface area (Å²) < 4.78 is 0. The van der Waals surface area contributed by atoms with Crippen molar-refractivity contribution in [3.63, 3.8) is 0 Å². The van der Waals surface area contributed by atoms with Gasteiger partial charge in [0.2, 0.25) is 5.91 Å². The molecule has 2 atom stereocenters. The van der Waals surface area contributed by atoms with E-state index in [2.05, 4.69) is 33.0 Å². The highest BCUT2D eigenvalue weighted by molar-refractivity contribution is 5.81. The van der Waals surface area contributed by atoms with Crippen molar-refractivity contribution in [3.05, 3.63) is 0 Å². The zero-order chi connectivity index (χ0) is 13.1. The maximum Gasteiger partial charge on any atom is 0.237 e. The summed E-state index contributed by atoms with van der Waals surface area (Å²) in [5, 5.41) is 3.12. The van der Waals surface area contributed by atoms with Gasteiger partial charge >= 0.3 is 0 Å². The Labute approximate surface area is 106 Å². The molecular formula is C14H28N2O. The van der Waals surface area contributed by atoms with Crippen LogP contribution in [0.15, 0.2) is 0 Å². The fourth-order valence-electron chi connectivity index (χ4n) is 2.74. The van der Waals surface area contributed by atoms with Gasteiger partial charge in [-0.05, 0) is 37.0 Å². The fourth-order valence-corrected chi connectivity index (χ4v) is 2.74. The van der Waals surface area contributed by atoms with Gasteiger partial charge in [0, 0.05) is 6.04 Å². The Morgan fingerprint density at radius 1 is 1.47 bits per heavy atom. The van der Waals surface area contributed by atoms with Crippen LogP contribution in [0.2, 0.25) is 0 Å². The van der Waals surface area contributed by atoms with Crippen molar-refractivity contribution in [1.82, 2.24) is 5.32 Å². The van der Waals surface area contributed by atoms with E-state index in [9.17, 15) is 4.79 Å². The van der Waals surface area contributed by atoms with E-state index in [1.165, 1.54) is 12.8 Å². The van der Waals surface area contributed by atoms with Crippen molar-refractivity contribution in [2.24, 2.45) is 17.1 Å². The van der Waals surface area contributed by atoms with Crippen LogP contribution in [-0.2, 0) is 4.79 Å². The first-order valence-electron chi connectivity index (χ1n) is 6.86. The van der Waals surface area contributed by atoms with E-state index in [-0.39, 0.29) is 11.9 Å². The van der Waals surface area contributed by atoms with Crippen LogP contribution < -0.4 is 11.1 Å². The number of nitrogens with two attached hydrogens (primary N) is 1. The fraction of sp³-hybridized carbons (Fsp3) is 0.929. The molecule has 0 spiro atoms. The molecule has 1 amide bonds. The van der Waals surface area contributed by atoms with Crippen LogP contribution >= 0.6 is 0 Å². The van der Waals surface area contributed by atoms with Gasteiger partial charge in [0.05, 0.1) is 6.04 Å². The van der Waals surface area contributed by atoms with Gasteiger partial charge in [-0.2, -0.15) is 0 Å². The molecule has 0 aliphatic heterocycles. The topological polar surface area (TPSA) is 55.1 Å². The van der Waals surface area contributed by atoms with Gasteiger partial charge in [-0.25, -0.2) is 0 Å². The van der Waals surface area contributed by atoms with Crippen LogP contribution in [-0.4, -0.2) is 18.0 Å². The molecular weight excluding hydrogens is 212 g/mol. The van der Waals surface area contributed by atoms with Crippen LogP contribution in [0.1, 0.15) is 59.8 Å². The second-order valence-electron chi connectivity index (χ2n) is 6.70. The molecule has 17 heavy (non-hydrogen) atoms. The normalized spacial score (nSPS) is 25.6. The second-order valence-corrected chi connectivity index (χ2v) is 6.70. The second kappa shape index (κ2) is 5.85. The molecule has 3 N–H and O–H groups in total. The molecule has 0 heterocycles. The number of carbonyl (C=O) groups excluding carboxylic acids is 1. The molecule has 0 saturated heterocycles. The monoisotopic (exact) mass is 240 g/mol. The standard InChI is InChI=1S/C14H28N2O/c1-10(2)8-12(15)13(17)16-11-6-5-7-14(3,4)9-11/h10-12H,5-9,15H2,1-4H3,(H,16,17)/t11?,12-/m0/s1. The summed E-state index contributed by atoms with van der Waals surface area (Å²) >= 11 is 0. The number of hydrogen-bond acceptors (Lipinski definition) is 2. The average Bonchev–Trinajstić information content (AvgIpc) is 2.14. The summed E-state index contributed by atoms with van der Waals surface area (Å²) in [7, 11) is 0. The van der Waals surface area contributed by atoms with Gasteiger partial charge in [0.15, 0.2) is 0 Å². The molecule has 0 radical (unpaired) electrons. The summed E-state index contributed by atoms with van der Waals surface area (Å²) in [4.78, 5) is 11.9. The SMILES string of the molecule is CC(C)C[C@H](N)C(=O)NC1CCCC(C)(C)C1. The number of amides is 1. The van der Waals surface area contributed by atoms with Gasteiger partial charge in [-0.15, -0.1) is 0 Å². The zero-order valence-corrected chi connectivity index (χ0v) is 11.8. The molecule has 0 aromatic heterocycles. The Kier molecular flexibility index (Phi) is 4.99. The lowest BCUT2D eigenvalue weighted by molar-refractivity contribution is -0.123. The first-order valence-corrected chi connectivity index (χ1v) is 6.86. The highest BCUT2D eigenvalue weighted by Crippen LogP contribution is 2.35. The minimum absolute atomic E-state index is 0.0291. The van der Waals surface area contributed by atoms with Crippen LogP contribution in [0.25, 0.3) is 0 Å². The lowest BCUT2D eigenvalue weighted by Crippen LogP contribution is -2.48. The lowest BCUT2D eigenvalue weighted by Gasteiger charge is -2.36. The predicted octanol–water partition coefficient (Wildman–Crippen LogP) is 2.44. The first kappa shape index (κ1) is 14.5. The van der Waals surface area contributed by atoms with E-state index >= 15 is 0 Å². The quantitative estimate of drug-likeness (QED) is 0.793. The summed E-state index contributed by atoms with van der Waals surface area (Å²) in [6.07, 6.45) is 5.41. The van der Waals surface area contributed by atoms with E-state index in [1.807, 2.05) is 0 Å². The Balaban J connectivity index is 2.40. The third kappa shape index (κ3) is 5.07. The highest BCUT2D eigenvalue weighted by Gasteiger charge is 2.29. The van der Waals surface area contributed by atoms with Gasteiger partial charge in [-0.3, -0.25) is 4.79 Å². The molecule has 3 heteroatoms. The van der Waals surface area contributed by atoms with Crippen molar-refractivity contribution in [2.45, 2.75) is 71.9 Å². The maximum absolute atomic E-state index is 11.9. The third-order valence-corrected chi connectivity index (χ3v) is 3.61. The van der Waals surface area contributed by atoms with Crippen LogP contribution in [0.4, 0.5) is 0 Å². The number of hydrogen-bond donors (Lipinski definition) is 2. The van der Waals surface area contributed by atoms with Crippen LogP contribution in [0.5, 0.6) is 0 Å². The van der Waals surface area contributed by atoms with Gasteiger partial charge in [0.1, 0.15) is 0 Å². The van der Waals surface area contributed by atoms with E-state index in [0.717, 1.165) is 19.3 Å². The smallest absolute Gasteiger partial charge is 0.237 e. The first-order chi connectivity index (χ1) is 7.80. The van der Waals surface area contributed by atoms with Gasteiger partial charge in [0.25, 0.3) is 0 Å². The minimum Gasteiger partial charge on any atom is -0.352 e. The molecule has 1 rings (SSSR count). The number of rotatable bonds is 4. The van der Waals surface area contributed by atoms with E-state index in [1.54, 1.807) is 0 Å². The maximum atomic E-state index is 11.9. The highest BCUT2D eigenvalue weighted by atomic mass is 16.2. The number of carbonyl (C=O) groups is 1. The van der Waals surface area contributed by atoms with Gasteiger partial charge in [-0.1, -0.05) is 34.1 Å². The van der Waals surface area contributed by atoms with Crippen molar-refractivity contribution in [3.8, 4) is 0 Å². The van der Waals surface area contributed by atoms with Gasteiger partial charge < -0.3 is 11.1 Å². The van der Waals surface area contributed by atoms with Crippen molar-refractivity contribution >= 4 is 5.91 Å². The molecule has 0 bridgehead atoms. The van der Waals surface area contributed by atoms with E-state index < -0.39 is 0 Å². The summed E-state index contributed by atoms with van der Waals surface area (Å²) in [6, 6.07) is -0.0236. The minimum atomic E-state index is -0.347. The predicted molar refractivity (Wildman–Crippen MR) is 71.6 cm³/mol.